The third-order valence-electron chi connectivity index (χ3n) is 4.12. The third kappa shape index (κ3) is 4.03. The average Bonchev–Trinajstić information content (AvgIpc) is 2.57. The lowest BCUT2D eigenvalue weighted by molar-refractivity contribution is -0.274. The molecule has 0 spiro atoms. The van der Waals surface area contributed by atoms with Crippen LogP contribution in [-0.2, 0) is 9.84 Å². The van der Waals surface area contributed by atoms with Crippen LogP contribution in [0.2, 0.25) is 0 Å². The maximum absolute atomic E-state index is 12.7. The SMILES string of the molecule is CC1CN(C(=O)c2ncc(S(=O)(=O)c3ccc(OC(F)(F)F)cc3)cc2N)C1. The van der Waals surface area contributed by atoms with Gasteiger partial charge in [-0.3, -0.25) is 4.79 Å². The van der Waals surface area contributed by atoms with E-state index in [0.717, 1.165) is 36.5 Å². The second-order valence-electron chi connectivity index (χ2n) is 6.45. The maximum Gasteiger partial charge on any atom is 0.573 e. The highest BCUT2D eigenvalue weighted by Crippen LogP contribution is 2.28. The molecule has 2 aromatic rings. The number of nitrogens with zero attached hydrogens (tertiary/aromatic N) is 2. The zero-order chi connectivity index (χ0) is 20.7. The molecule has 11 heteroatoms. The number of alkyl halides is 3. The molecule has 1 aromatic carbocycles. The van der Waals surface area contributed by atoms with Crippen LogP contribution in [0, 0.1) is 5.92 Å². The lowest BCUT2D eigenvalue weighted by atomic mass is 10.0. The minimum Gasteiger partial charge on any atom is -0.406 e. The van der Waals surface area contributed by atoms with Crippen LogP contribution in [0.4, 0.5) is 18.9 Å². The summed E-state index contributed by atoms with van der Waals surface area (Å²) in [7, 11) is -4.09. The highest BCUT2D eigenvalue weighted by Gasteiger charge is 2.32. The Kier molecular flexibility index (Phi) is 4.96. The molecule has 150 valence electrons. The van der Waals surface area contributed by atoms with Crippen molar-refractivity contribution in [2.75, 3.05) is 18.8 Å². The monoisotopic (exact) mass is 415 g/mol. The van der Waals surface area contributed by atoms with Crippen molar-refractivity contribution in [3.05, 3.63) is 42.2 Å². The van der Waals surface area contributed by atoms with Crippen molar-refractivity contribution in [1.29, 1.82) is 0 Å². The van der Waals surface area contributed by atoms with Gasteiger partial charge in [-0.1, -0.05) is 6.92 Å². The molecule has 0 unspecified atom stereocenters. The van der Waals surface area contributed by atoms with E-state index in [9.17, 15) is 26.4 Å². The Morgan fingerprint density at radius 1 is 1.21 bits per heavy atom. The van der Waals surface area contributed by atoms with Crippen molar-refractivity contribution in [2.45, 2.75) is 23.1 Å². The number of halogens is 3. The lowest BCUT2D eigenvalue weighted by Crippen LogP contribution is -2.49. The molecular weight excluding hydrogens is 399 g/mol. The summed E-state index contributed by atoms with van der Waals surface area (Å²) in [5.41, 5.74) is 5.69. The number of sulfone groups is 1. The number of ether oxygens (including phenoxy) is 1. The van der Waals surface area contributed by atoms with Crippen molar-refractivity contribution >= 4 is 21.4 Å². The minimum absolute atomic E-state index is 0.0419. The van der Waals surface area contributed by atoms with E-state index in [1.165, 1.54) is 0 Å². The quantitative estimate of drug-likeness (QED) is 0.823. The first-order chi connectivity index (χ1) is 13.0. The summed E-state index contributed by atoms with van der Waals surface area (Å²) in [6.45, 7) is 3.14. The first-order valence-corrected chi connectivity index (χ1v) is 9.61. The van der Waals surface area contributed by atoms with Crippen LogP contribution in [-0.4, -0.2) is 43.7 Å². The number of hydrogen-bond acceptors (Lipinski definition) is 6. The van der Waals surface area contributed by atoms with E-state index in [0.29, 0.717) is 19.0 Å². The fraction of sp³-hybridized carbons (Fsp3) is 0.294. The first-order valence-electron chi connectivity index (χ1n) is 8.13. The zero-order valence-electron chi connectivity index (χ0n) is 14.6. The van der Waals surface area contributed by atoms with Crippen molar-refractivity contribution in [1.82, 2.24) is 9.88 Å². The fourth-order valence-electron chi connectivity index (χ4n) is 2.76. The summed E-state index contributed by atoms with van der Waals surface area (Å²) in [5, 5.41) is 0. The second kappa shape index (κ2) is 6.97. The number of hydrogen-bond donors (Lipinski definition) is 1. The Morgan fingerprint density at radius 3 is 2.32 bits per heavy atom. The van der Waals surface area contributed by atoms with Crippen LogP contribution in [0.5, 0.6) is 5.75 Å². The topological polar surface area (TPSA) is 103 Å². The van der Waals surface area contributed by atoms with E-state index in [-0.39, 0.29) is 27.1 Å². The number of aromatic nitrogens is 1. The minimum atomic E-state index is -4.88. The van der Waals surface area contributed by atoms with E-state index < -0.39 is 21.9 Å². The second-order valence-corrected chi connectivity index (χ2v) is 8.40. The van der Waals surface area contributed by atoms with Crippen molar-refractivity contribution in [3.8, 4) is 5.75 Å². The van der Waals surface area contributed by atoms with Gasteiger partial charge in [-0.05, 0) is 36.2 Å². The molecule has 2 N–H and O–H groups in total. The van der Waals surface area contributed by atoms with Gasteiger partial charge in [0.1, 0.15) is 5.75 Å². The van der Waals surface area contributed by atoms with Gasteiger partial charge in [-0.15, -0.1) is 13.2 Å². The third-order valence-corrected chi connectivity index (χ3v) is 5.86. The van der Waals surface area contributed by atoms with Crippen molar-refractivity contribution < 1.29 is 31.1 Å². The molecule has 0 atom stereocenters. The van der Waals surface area contributed by atoms with Crippen molar-refractivity contribution in [2.24, 2.45) is 5.92 Å². The predicted molar refractivity (Wildman–Crippen MR) is 92.3 cm³/mol. The highest BCUT2D eigenvalue weighted by atomic mass is 32.2. The Labute approximate surface area is 158 Å². The van der Waals surface area contributed by atoms with Crippen LogP contribution < -0.4 is 10.5 Å². The highest BCUT2D eigenvalue weighted by molar-refractivity contribution is 7.91. The summed E-state index contributed by atoms with van der Waals surface area (Å²) < 4.78 is 65.6. The van der Waals surface area contributed by atoms with Crippen LogP contribution in [0.15, 0.2) is 46.3 Å². The fourth-order valence-corrected chi connectivity index (χ4v) is 4.00. The molecule has 28 heavy (non-hydrogen) atoms. The number of anilines is 1. The number of amides is 1. The van der Waals surface area contributed by atoms with E-state index >= 15 is 0 Å². The molecule has 0 bridgehead atoms. The zero-order valence-corrected chi connectivity index (χ0v) is 15.4. The molecule has 1 aliphatic rings. The number of benzene rings is 1. The standard InChI is InChI=1S/C17H16F3N3O4S/c1-10-8-23(9-10)16(24)15-14(21)6-13(7-22-15)28(25,26)12-4-2-11(3-5-12)27-17(18,19)20/h2-7,10H,8-9,21H2,1H3. The predicted octanol–water partition coefficient (Wildman–Crippen LogP) is 2.49. The number of carbonyl (C=O) groups is 1. The molecule has 1 aliphatic heterocycles. The van der Waals surface area contributed by atoms with Gasteiger partial charge in [-0.25, -0.2) is 13.4 Å². The molecule has 0 aliphatic carbocycles. The van der Waals surface area contributed by atoms with Gasteiger partial charge in [0, 0.05) is 19.3 Å². The molecule has 3 rings (SSSR count). The maximum atomic E-state index is 12.7. The molecule has 1 aromatic heterocycles. The number of carbonyl (C=O) groups excluding carboxylic acids is 1. The van der Waals surface area contributed by atoms with Gasteiger partial charge in [0.25, 0.3) is 5.91 Å². The number of pyridine rings is 1. The molecule has 1 fully saturated rings. The molecule has 1 amide bonds. The Balaban J connectivity index is 1.84. The summed E-state index contributed by atoms with van der Waals surface area (Å²) in [6, 6.07) is 4.85. The molecular formula is C17H16F3N3O4S. The smallest absolute Gasteiger partial charge is 0.406 e. The van der Waals surface area contributed by atoms with Gasteiger partial charge in [-0.2, -0.15) is 0 Å². The number of nitrogens with two attached hydrogens (primary N) is 1. The molecule has 0 saturated carbocycles. The lowest BCUT2D eigenvalue weighted by Gasteiger charge is -2.37. The van der Waals surface area contributed by atoms with Gasteiger partial charge >= 0.3 is 6.36 Å². The summed E-state index contributed by atoms with van der Waals surface area (Å²) in [5.74, 6) is -0.545. The van der Waals surface area contributed by atoms with Gasteiger partial charge in [0.05, 0.1) is 15.5 Å². The van der Waals surface area contributed by atoms with Gasteiger partial charge < -0.3 is 15.4 Å². The molecule has 0 radical (unpaired) electrons. The van der Waals surface area contributed by atoms with Crippen molar-refractivity contribution in [3.63, 3.8) is 0 Å². The molecule has 2 heterocycles. The Hall–Kier alpha value is -2.82. The Bertz CT molecular complexity index is 1000. The average molecular weight is 415 g/mol. The van der Waals surface area contributed by atoms with E-state index in [1.54, 1.807) is 4.90 Å². The van der Waals surface area contributed by atoms with Gasteiger partial charge in [0.15, 0.2) is 5.69 Å². The van der Waals surface area contributed by atoms with Crippen LogP contribution in [0.25, 0.3) is 0 Å². The van der Waals surface area contributed by atoms with Crippen LogP contribution >= 0.6 is 0 Å². The molecule has 7 nitrogen and oxygen atoms in total. The largest absolute Gasteiger partial charge is 0.573 e. The van der Waals surface area contributed by atoms with E-state index in [4.69, 9.17) is 5.73 Å². The summed E-state index contributed by atoms with van der Waals surface area (Å²) >= 11 is 0. The summed E-state index contributed by atoms with van der Waals surface area (Å²) in [6.07, 6.45) is -3.88. The van der Waals surface area contributed by atoms with Crippen LogP contribution in [0.1, 0.15) is 17.4 Å². The molecule has 1 saturated heterocycles. The van der Waals surface area contributed by atoms with Crippen LogP contribution in [0.3, 0.4) is 0 Å². The van der Waals surface area contributed by atoms with E-state index in [2.05, 4.69) is 9.72 Å². The summed E-state index contributed by atoms with van der Waals surface area (Å²) in [4.78, 5) is 17.2. The number of nitrogen functional groups attached to an aromatic ring is 1. The van der Waals surface area contributed by atoms with Gasteiger partial charge in [0.2, 0.25) is 9.84 Å². The first kappa shape index (κ1) is 19.9. The Morgan fingerprint density at radius 2 is 1.82 bits per heavy atom. The normalized spacial score (nSPS) is 15.2. The van der Waals surface area contributed by atoms with E-state index in [1.807, 2.05) is 6.92 Å². The number of rotatable bonds is 4. The number of likely N-dealkylation sites (tertiary alicyclic amines) is 1.